The second-order valence-corrected chi connectivity index (χ2v) is 7.12. The molecule has 0 bridgehead atoms. The first-order valence-electron chi connectivity index (χ1n) is 9.03. The maximum atomic E-state index is 12.1. The van der Waals surface area contributed by atoms with Gasteiger partial charge < -0.3 is 21.3 Å². The van der Waals surface area contributed by atoms with Crippen LogP contribution in [-0.4, -0.2) is 42.0 Å². The van der Waals surface area contributed by atoms with E-state index in [0.29, 0.717) is 0 Å². The third-order valence-electron chi connectivity index (χ3n) is 4.94. The van der Waals surface area contributed by atoms with E-state index in [9.17, 15) is 14.4 Å². The van der Waals surface area contributed by atoms with E-state index in [1.165, 1.54) is 0 Å². The number of carbonyl (C=O) groups is 3. The third-order valence-corrected chi connectivity index (χ3v) is 4.94. The standard InChI is InChI=1S/C17H30N4O3/c1-11(22)18-13-3-7-15(8-4-13)20-17(24)21-16-9-5-14(6-10-16)19-12(2)23/h13-16H,3-10H2,1-2H3,(H,18,22)(H,19,23)(H2,20,21,24). The second-order valence-electron chi connectivity index (χ2n) is 7.12. The highest BCUT2D eigenvalue weighted by Crippen LogP contribution is 2.20. The summed E-state index contributed by atoms with van der Waals surface area (Å²) in [5, 5.41) is 12.0. The van der Waals surface area contributed by atoms with Crippen LogP contribution in [0.4, 0.5) is 4.79 Å². The Labute approximate surface area is 143 Å². The van der Waals surface area contributed by atoms with Gasteiger partial charge in [0.25, 0.3) is 0 Å². The molecule has 0 aromatic heterocycles. The lowest BCUT2D eigenvalue weighted by Gasteiger charge is -2.32. The van der Waals surface area contributed by atoms with E-state index in [1.54, 1.807) is 13.8 Å². The summed E-state index contributed by atoms with van der Waals surface area (Å²) in [6, 6.07) is 0.762. The van der Waals surface area contributed by atoms with Crippen molar-refractivity contribution in [1.82, 2.24) is 21.3 Å². The van der Waals surface area contributed by atoms with Crippen LogP contribution in [0.1, 0.15) is 65.2 Å². The Balaban J connectivity index is 1.62. The van der Waals surface area contributed by atoms with Crippen molar-refractivity contribution >= 4 is 17.8 Å². The summed E-state index contributed by atoms with van der Waals surface area (Å²) in [4.78, 5) is 34.3. The summed E-state index contributed by atoms with van der Waals surface area (Å²) >= 11 is 0. The van der Waals surface area contributed by atoms with Crippen molar-refractivity contribution in [3.8, 4) is 0 Å². The van der Waals surface area contributed by atoms with Crippen molar-refractivity contribution in [1.29, 1.82) is 0 Å². The number of nitrogens with one attached hydrogen (secondary N) is 4. The molecule has 0 heterocycles. The van der Waals surface area contributed by atoms with Crippen LogP contribution in [0.3, 0.4) is 0 Å². The molecule has 0 aromatic carbocycles. The molecule has 0 unspecified atom stereocenters. The van der Waals surface area contributed by atoms with E-state index >= 15 is 0 Å². The number of rotatable bonds is 4. The van der Waals surface area contributed by atoms with Crippen molar-refractivity contribution in [3.05, 3.63) is 0 Å². The molecule has 24 heavy (non-hydrogen) atoms. The van der Waals surface area contributed by atoms with Crippen LogP contribution in [0.5, 0.6) is 0 Å². The minimum absolute atomic E-state index is 0.0130. The minimum Gasteiger partial charge on any atom is -0.354 e. The maximum Gasteiger partial charge on any atom is 0.315 e. The van der Waals surface area contributed by atoms with Gasteiger partial charge in [0.1, 0.15) is 0 Å². The molecule has 7 nitrogen and oxygen atoms in total. The van der Waals surface area contributed by atoms with Crippen LogP contribution in [0.25, 0.3) is 0 Å². The zero-order valence-electron chi connectivity index (χ0n) is 14.7. The topological polar surface area (TPSA) is 99.3 Å². The van der Waals surface area contributed by atoms with Gasteiger partial charge in [-0.2, -0.15) is 0 Å². The van der Waals surface area contributed by atoms with E-state index in [4.69, 9.17) is 0 Å². The van der Waals surface area contributed by atoms with Gasteiger partial charge in [0, 0.05) is 38.0 Å². The number of amides is 4. The van der Waals surface area contributed by atoms with Crippen molar-refractivity contribution in [3.63, 3.8) is 0 Å². The fraction of sp³-hybridized carbons (Fsp3) is 0.824. The van der Waals surface area contributed by atoms with Gasteiger partial charge in [0.05, 0.1) is 0 Å². The van der Waals surface area contributed by atoms with Crippen molar-refractivity contribution in [2.24, 2.45) is 0 Å². The van der Waals surface area contributed by atoms with E-state index in [0.717, 1.165) is 51.4 Å². The Bertz CT molecular complexity index is 413. The Morgan fingerprint density at radius 2 is 0.792 bits per heavy atom. The van der Waals surface area contributed by atoms with Crippen LogP contribution in [-0.2, 0) is 9.59 Å². The summed E-state index contributed by atoms with van der Waals surface area (Å²) in [5.74, 6) is 0.0260. The second kappa shape index (κ2) is 8.89. The van der Waals surface area contributed by atoms with E-state index < -0.39 is 0 Å². The number of hydrogen-bond donors (Lipinski definition) is 4. The normalized spacial score (nSPS) is 30.1. The molecular formula is C17H30N4O3. The summed E-state index contributed by atoms with van der Waals surface area (Å²) in [7, 11) is 0. The summed E-state index contributed by atoms with van der Waals surface area (Å²) in [5.41, 5.74) is 0. The maximum absolute atomic E-state index is 12.1. The number of carbonyl (C=O) groups excluding carboxylic acids is 3. The predicted molar refractivity (Wildman–Crippen MR) is 91.4 cm³/mol. The molecule has 136 valence electrons. The molecule has 0 saturated heterocycles. The lowest BCUT2D eigenvalue weighted by atomic mass is 9.90. The molecule has 7 heteroatoms. The van der Waals surface area contributed by atoms with Crippen LogP contribution >= 0.6 is 0 Å². The van der Waals surface area contributed by atoms with Gasteiger partial charge in [-0.3, -0.25) is 9.59 Å². The predicted octanol–water partition coefficient (Wildman–Crippen LogP) is 1.18. The van der Waals surface area contributed by atoms with Gasteiger partial charge in [-0.15, -0.1) is 0 Å². The van der Waals surface area contributed by atoms with Gasteiger partial charge in [-0.1, -0.05) is 0 Å². The summed E-state index contributed by atoms with van der Waals surface area (Å²) < 4.78 is 0. The highest BCUT2D eigenvalue weighted by molar-refractivity contribution is 5.75. The van der Waals surface area contributed by atoms with E-state index in [-0.39, 0.29) is 42.0 Å². The fourth-order valence-electron chi connectivity index (χ4n) is 3.75. The van der Waals surface area contributed by atoms with Crippen LogP contribution in [0.15, 0.2) is 0 Å². The largest absolute Gasteiger partial charge is 0.354 e. The van der Waals surface area contributed by atoms with Crippen molar-refractivity contribution in [2.75, 3.05) is 0 Å². The van der Waals surface area contributed by atoms with Gasteiger partial charge in [-0.05, 0) is 51.4 Å². The minimum atomic E-state index is -0.0963. The smallest absolute Gasteiger partial charge is 0.315 e. The van der Waals surface area contributed by atoms with Gasteiger partial charge >= 0.3 is 6.03 Å². The zero-order valence-corrected chi connectivity index (χ0v) is 14.7. The molecule has 2 rings (SSSR count). The molecular weight excluding hydrogens is 308 g/mol. The summed E-state index contributed by atoms with van der Waals surface area (Å²) in [6.45, 7) is 3.08. The lowest BCUT2D eigenvalue weighted by Crippen LogP contribution is -2.50. The van der Waals surface area contributed by atoms with Crippen LogP contribution < -0.4 is 21.3 Å². The average molecular weight is 338 g/mol. The van der Waals surface area contributed by atoms with Gasteiger partial charge in [0.15, 0.2) is 0 Å². The molecule has 0 spiro atoms. The van der Waals surface area contributed by atoms with Gasteiger partial charge in [0.2, 0.25) is 11.8 Å². The molecule has 0 aromatic rings. The lowest BCUT2D eigenvalue weighted by molar-refractivity contribution is -0.120. The molecule has 2 aliphatic carbocycles. The Kier molecular flexibility index (Phi) is 6.87. The SMILES string of the molecule is CC(=O)NC1CCC(NC(=O)NC2CCC(NC(C)=O)CC2)CC1. The monoisotopic (exact) mass is 338 g/mol. The van der Waals surface area contributed by atoms with E-state index in [2.05, 4.69) is 21.3 Å². The molecule has 2 fully saturated rings. The first kappa shape index (κ1) is 18.5. The molecule has 2 aliphatic rings. The highest BCUT2D eigenvalue weighted by Gasteiger charge is 2.25. The number of urea groups is 1. The Hall–Kier alpha value is -1.79. The van der Waals surface area contributed by atoms with Crippen LogP contribution in [0, 0.1) is 0 Å². The highest BCUT2D eigenvalue weighted by atomic mass is 16.2. The molecule has 2 saturated carbocycles. The Morgan fingerprint density at radius 3 is 1.04 bits per heavy atom. The Morgan fingerprint density at radius 1 is 0.542 bits per heavy atom. The van der Waals surface area contributed by atoms with Crippen molar-refractivity contribution < 1.29 is 14.4 Å². The molecule has 0 atom stereocenters. The molecule has 0 aliphatic heterocycles. The van der Waals surface area contributed by atoms with Crippen LogP contribution in [0.2, 0.25) is 0 Å². The first-order chi connectivity index (χ1) is 11.4. The zero-order chi connectivity index (χ0) is 17.5. The van der Waals surface area contributed by atoms with Crippen molar-refractivity contribution in [2.45, 2.75) is 89.4 Å². The molecule has 4 amide bonds. The van der Waals surface area contributed by atoms with Gasteiger partial charge in [-0.25, -0.2) is 4.79 Å². The van der Waals surface area contributed by atoms with E-state index in [1.807, 2.05) is 0 Å². The summed E-state index contributed by atoms with van der Waals surface area (Å²) in [6.07, 6.45) is 7.22. The first-order valence-corrected chi connectivity index (χ1v) is 9.03. The number of hydrogen-bond acceptors (Lipinski definition) is 3. The quantitative estimate of drug-likeness (QED) is 0.619. The molecule has 4 N–H and O–H groups in total. The fourth-order valence-corrected chi connectivity index (χ4v) is 3.75. The third kappa shape index (κ3) is 6.37. The average Bonchev–Trinajstić information content (AvgIpc) is 2.50. The molecule has 0 radical (unpaired) electrons.